The molecule has 1 aliphatic rings. The van der Waals surface area contributed by atoms with Crippen LogP contribution < -0.4 is 5.73 Å². The van der Waals surface area contributed by atoms with Crippen LogP contribution in [-0.2, 0) is 6.54 Å². The second-order valence-corrected chi connectivity index (χ2v) is 3.34. The van der Waals surface area contributed by atoms with Crippen molar-refractivity contribution >= 4 is 0 Å². The molecule has 1 unspecified atom stereocenters. The second kappa shape index (κ2) is 2.84. The molecule has 1 atom stereocenters. The highest BCUT2D eigenvalue weighted by Gasteiger charge is 2.19. The maximum absolute atomic E-state index is 5.96. The molecule has 0 radical (unpaired) electrons. The van der Waals surface area contributed by atoms with Gasteiger partial charge < -0.3 is 5.73 Å². The number of nitrogens with two attached hydrogens (primary N) is 1. The largest absolute Gasteiger partial charge is 0.323 e. The van der Waals surface area contributed by atoms with E-state index in [1.165, 1.54) is 5.56 Å². The third-order valence-electron chi connectivity index (χ3n) is 2.25. The fourth-order valence-corrected chi connectivity index (χ4v) is 1.67. The molecule has 0 aliphatic carbocycles. The van der Waals surface area contributed by atoms with Gasteiger partial charge in [0.1, 0.15) is 0 Å². The Balaban J connectivity index is 2.40. The quantitative estimate of drug-likeness (QED) is 0.606. The van der Waals surface area contributed by atoms with Crippen LogP contribution >= 0.6 is 0 Å². The van der Waals surface area contributed by atoms with Gasteiger partial charge in [-0.2, -0.15) is 0 Å². The monoisotopic (exact) mass is 163 g/mol. The molecule has 1 aromatic rings. The maximum atomic E-state index is 5.96. The molecule has 3 heteroatoms. The molecular formula is C9H13N3. The third-order valence-corrected chi connectivity index (χ3v) is 2.25. The number of fused-ring (bicyclic) bond motifs is 1. The molecule has 1 aromatic heterocycles. The molecule has 0 saturated heterocycles. The number of likely N-dealkylation sites (N-methyl/N-ethyl adjacent to an activating group) is 1. The Morgan fingerprint density at radius 1 is 1.67 bits per heavy atom. The minimum atomic E-state index is 0.132. The van der Waals surface area contributed by atoms with Crippen LogP contribution in [0, 0.1) is 0 Å². The molecule has 2 rings (SSSR count). The van der Waals surface area contributed by atoms with Gasteiger partial charge in [-0.3, -0.25) is 9.88 Å². The molecule has 0 bridgehead atoms. The minimum Gasteiger partial charge on any atom is -0.323 e. The van der Waals surface area contributed by atoms with Crippen LogP contribution in [0.15, 0.2) is 18.3 Å². The number of hydrogen-bond acceptors (Lipinski definition) is 3. The molecule has 0 fully saturated rings. The topological polar surface area (TPSA) is 42.2 Å². The van der Waals surface area contributed by atoms with Crippen molar-refractivity contribution in [3.63, 3.8) is 0 Å². The summed E-state index contributed by atoms with van der Waals surface area (Å²) in [4.78, 5) is 6.49. The predicted molar refractivity (Wildman–Crippen MR) is 47.5 cm³/mol. The smallest absolute Gasteiger partial charge is 0.0591 e. The van der Waals surface area contributed by atoms with Crippen LogP contribution in [0.4, 0.5) is 0 Å². The van der Waals surface area contributed by atoms with Gasteiger partial charge >= 0.3 is 0 Å². The summed E-state index contributed by atoms with van der Waals surface area (Å²) in [5.41, 5.74) is 8.28. The Morgan fingerprint density at radius 3 is 3.33 bits per heavy atom. The summed E-state index contributed by atoms with van der Waals surface area (Å²) in [5, 5.41) is 0. The lowest BCUT2D eigenvalue weighted by Crippen LogP contribution is -2.34. The van der Waals surface area contributed by atoms with Crippen molar-refractivity contribution in [2.45, 2.75) is 12.6 Å². The lowest BCUT2D eigenvalue weighted by atomic mass is 10.0. The van der Waals surface area contributed by atoms with E-state index in [4.69, 9.17) is 5.73 Å². The zero-order valence-electron chi connectivity index (χ0n) is 7.20. The van der Waals surface area contributed by atoms with Crippen LogP contribution in [0.3, 0.4) is 0 Å². The first kappa shape index (κ1) is 7.71. The average Bonchev–Trinajstić information content (AvgIpc) is 2.04. The summed E-state index contributed by atoms with van der Waals surface area (Å²) < 4.78 is 0. The summed E-state index contributed by atoms with van der Waals surface area (Å²) in [7, 11) is 2.07. The van der Waals surface area contributed by atoms with E-state index >= 15 is 0 Å². The molecule has 1 aliphatic heterocycles. The van der Waals surface area contributed by atoms with Gasteiger partial charge in [0.15, 0.2) is 0 Å². The highest BCUT2D eigenvalue weighted by Crippen LogP contribution is 2.21. The molecule has 12 heavy (non-hydrogen) atoms. The Labute approximate surface area is 72.2 Å². The Kier molecular flexibility index (Phi) is 1.83. The highest BCUT2D eigenvalue weighted by atomic mass is 15.1. The fraction of sp³-hybridized carbons (Fsp3) is 0.444. The summed E-state index contributed by atoms with van der Waals surface area (Å²) in [5.74, 6) is 0. The first-order valence-electron chi connectivity index (χ1n) is 4.15. The number of hydrogen-bond donors (Lipinski definition) is 1. The van der Waals surface area contributed by atoms with Crippen molar-refractivity contribution in [1.82, 2.24) is 9.88 Å². The van der Waals surface area contributed by atoms with Gasteiger partial charge in [-0.1, -0.05) is 6.07 Å². The van der Waals surface area contributed by atoms with Crippen LogP contribution in [0.25, 0.3) is 0 Å². The SMILES string of the molecule is CN1Cc2ncccc2C(N)C1. The molecule has 2 heterocycles. The zero-order chi connectivity index (χ0) is 8.55. The average molecular weight is 163 g/mol. The van der Waals surface area contributed by atoms with Crippen LogP contribution in [0.1, 0.15) is 17.3 Å². The Morgan fingerprint density at radius 2 is 2.50 bits per heavy atom. The number of rotatable bonds is 0. The van der Waals surface area contributed by atoms with E-state index in [0.29, 0.717) is 0 Å². The highest BCUT2D eigenvalue weighted by molar-refractivity contribution is 5.25. The van der Waals surface area contributed by atoms with E-state index in [-0.39, 0.29) is 6.04 Å². The van der Waals surface area contributed by atoms with Crippen molar-refractivity contribution < 1.29 is 0 Å². The van der Waals surface area contributed by atoms with Gasteiger partial charge in [-0.25, -0.2) is 0 Å². The summed E-state index contributed by atoms with van der Waals surface area (Å²) in [6.45, 7) is 1.85. The van der Waals surface area contributed by atoms with Gasteiger partial charge in [0.05, 0.1) is 5.69 Å². The number of nitrogens with zero attached hydrogens (tertiary/aromatic N) is 2. The molecule has 64 valence electrons. The standard InChI is InChI=1S/C9H13N3/c1-12-5-8(10)7-3-2-4-11-9(7)6-12/h2-4,8H,5-6,10H2,1H3. The molecule has 0 aromatic carbocycles. The molecule has 0 spiro atoms. The predicted octanol–water partition coefficient (Wildman–Crippen LogP) is 0.527. The second-order valence-electron chi connectivity index (χ2n) is 3.34. The first-order chi connectivity index (χ1) is 5.77. The number of aromatic nitrogens is 1. The van der Waals surface area contributed by atoms with Crippen molar-refractivity contribution in [2.75, 3.05) is 13.6 Å². The van der Waals surface area contributed by atoms with E-state index < -0.39 is 0 Å². The van der Waals surface area contributed by atoms with E-state index in [2.05, 4.69) is 23.0 Å². The van der Waals surface area contributed by atoms with Crippen molar-refractivity contribution in [2.24, 2.45) is 5.73 Å². The van der Waals surface area contributed by atoms with E-state index in [9.17, 15) is 0 Å². The van der Waals surface area contributed by atoms with Gasteiger partial charge in [0, 0.05) is 25.3 Å². The van der Waals surface area contributed by atoms with Crippen molar-refractivity contribution in [1.29, 1.82) is 0 Å². The molecule has 2 N–H and O–H groups in total. The lowest BCUT2D eigenvalue weighted by molar-refractivity contribution is 0.278. The summed E-state index contributed by atoms with van der Waals surface area (Å²) >= 11 is 0. The van der Waals surface area contributed by atoms with Crippen LogP contribution in [-0.4, -0.2) is 23.5 Å². The molecular weight excluding hydrogens is 150 g/mol. The van der Waals surface area contributed by atoms with Gasteiger partial charge in [-0.05, 0) is 18.7 Å². The van der Waals surface area contributed by atoms with Crippen LogP contribution in [0.2, 0.25) is 0 Å². The minimum absolute atomic E-state index is 0.132. The number of pyridine rings is 1. The fourth-order valence-electron chi connectivity index (χ4n) is 1.67. The van der Waals surface area contributed by atoms with Crippen molar-refractivity contribution in [3.8, 4) is 0 Å². The first-order valence-corrected chi connectivity index (χ1v) is 4.15. The van der Waals surface area contributed by atoms with E-state index in [0.717, 1.165) is 18.8 Å². The molecule has 0 saturated carbocycles. The Bertz CT molecular complexity index is 285. The van der Waals surface area contributed by atoms with Crippen LogP contribution in [0.5, 0.6) is 0 Å². The van der Waals surface area contributed by atoms with E-state index in [1.807, 2.05) is 12.3 Å². The summed E-state index contributed by atoms with van der Waals surface area (Å²) in [6.07, 6.45) is 1.82. The normalized spacial score (nSPS) is 23.7. The zero-order valence-corrected chi connectivity index (χ0v) is 7.20. The molecule has 0 amide bonds. The van der Waals surface area contributed by atoms with E-state index in [1.54, 1.807) is 0 Å². The van der Waals surface area contributed by atoms with Crippen molar-refractivity contribution in [3.05, 3.63) is 29.6 Å². The van der Waals surface area contributed by atoms with Gasteiger partial charge in [0.25, 0.3) is 0 Å². The maximum Gasteiger partial charge on any atom is 0.0591 e. The van der Waals surface area contributed by atoms with Gasteiger partial charge in [-0.15, -0.1) is 0 Å². The van der Waals surface area contributed by atoms with Gasteiger partial charge in [0.2, 0.25) is 0 Å². The molecule has 3 nitrogen and oxygen atoms in total. The summed E-state index contributed by atoms with van der Waals surface area (Å²) in [6, 6.07) is 4.15. The lowest BCUT2D eigenvalue weighted by Gasteiger charge is -2.28. The third kappa shape index (κ3) is 1.21. The Hall–Kier alpha value is -0.930.